The smallest absolute Gasteiger partial charge is 0.250 e. The second-order valence-corrected chi connectivity index (χ2v) is 8.58. The van der Waals surface area contributed by atoms with E-state index in [0.717, 1.165) is 5.56 Å². The van der Waals surface area contributed by atoms with Crippen molar-refractivity contribution in [3.05, 3.63) is 23.8 Å². The second kappa shape index (κ2) is 8.95. The van der Waals surface area contributed by atoms with Crippen LogP contribution in [0.25, 0.3) is 0 Å². The van der Waals surface area contributed by atoms with Crippen LogP contribution in [0.15, 0.2) is 18.2 Å². The van der Waals surface area contributed by atoms with Crippen LogP contribution in [-0.4, -0.2) is 77.5 Å². The number of carbonyl (C=O) groups excluding carboxylic acids is 2. The third kappa shape index (κ3) is 6.20. The predicted molar refractivity (Wildman–Crippen MR) is 111 cm³/mol. The minimum absolute atomic E-state index is 0.129. The fourth-order valence-corrected chi connectivity index (χ4v) is 4.09. The van der Waals surface area contributed by atoms with Gasteiger partial charge < -0.3 is 15.7 Å². The van der Waals surface area contributed by atoms with Gasteiger partial charge in [-0.1, -0.05) is 6.07 Å². The van der Waals surface area contributed by atoms with Crippen molar-refractivity contribution in [3.63, 3.8) is 0 Å². The van der Waals surface area contributed by atoms with Crippen LogP contribution in [0.3, 0.4) is 0 Å². The molecule has 7 nitrogen and oxygen atoms in total. The van der Waals surface area contributed by atoms with Gasteiger partial charge in [-0.05, 0) is 31.0 Å². The molecule has 0 spiro atoms. The molecule has 9 heteroatoms. The SMILES string of the molecule is CC(=O)Nc1cc(NC(=O)CN2CC[C@@](O)(CN3CCC(F)(F)CC3)C2)ccc1C. The lowest BCUT2D eigenvalue weighted by Crippen LogP contribution is -2.49. The van der Waals surface area contributed by atoms with E-state index in [4.69, 9.17) is 0 Å². The topological polar surface area (TPSA) is 84.9 Å². The number of benzene rings is 1. The second-order valence-electron chi connectivity index (χ2n) is 8.58. The molecule has 2 saturated heterocycles. The minimum Gasteiger partial charge on any atom is -0.387 e. The Bertz CT molecular complexity index is 794. The van der Waals surface area contributed by atoms with Crippen LogP contribution in [0.2, 0.25) is 0 Å². The van der Waals surface area contributed by atoms with Crippen LogP contribution in [0.5, 0.6) is 0 Å². The molecule has 0 aromatic heterocycles. The Morgan fingerprint density at radius 1 is 1.10 bits per heavy atom. The fraction of sp³-hybridized carbons (Fsp3) is 0.619. The molecule has 2 aliphatic rings. The summed E-state index contributed by atoms with van der Waals surface area (Å²) in [6, 6.07) is 5.30. The number of carbonyl (C=O) groups is 2. The molecule has 1 atom stereocenters. The zero-order chi connectivity index (χ0) is 21.9. The molecule has 2 amide bonds. The van der Waals surface area contributed by atoms with Crippen LogP contribution < -0.4 is 10.6 Å². The number of hydrogen-bond donors (Lipinski definition) is 3. The molecule has 0 radical (unpaired) electrons. The van der Waals surface area contributed by atoms with Crippen LogP contribution in [-0.2, 0) is 9.59 Å². The highest BCUT2D eigenvalue weighted by molar-refractivity contribution is 5.94. The van der Waals surface area contributed by atoms with Gasteiger partial charge in [0.05, 0.1) is 12.1 Å². The van der Waals surface area contributed by atoms with Gasteiger partial charge in [-0.3, -0.25) is 19.4 Å². The number of alkyl halides is 2. The van der Waals surface area contributed by atoms with Gasteiger partial charge in [0.2, 0.25) is 11.8 Å². The number of hydrogen-bond acceptors (Lipinski definition) is 5. The Balaban J connectivity index is 1.49. The number of nitrogens with zero attached hydrogens (tertiary/aromatic N) is 2. The number of amides is 2. The molecule has 30 heavy (non-hydrogen) atoms. The summed E-state index contributed by atoms with van der Waals surface area (Å²) >= 11 is 0. The number of rotatable bonds is 6. The number of aryl methyl sites for hydroxylation is 1. The molecule has 166 valence electrons. The fourth-order valence-electron chi connectivity index (χ4n) is 4.09. The zero-order valence-corrected chi connectivity index (χ0v) is 17.5. The van der Waals surface area contributed by atoms with Gasteiger partial charge in [-0.2, -0.15) is 0 Å². The van der Waals surface area contributed by atoms with E-state index >= 15 is 0 Å². The number of anilines is 2. The normalized spacial score (nSPS) is 24.6. The molecule has 3 rings (SSSR count). The van der Waals surface area contributed by atoms with E-state index in [0.29, 0.717) is 37.4 Å². The van der Waals surface area contributed by atoms with Gasteiger partial charge in [0.15, 0.2) is 0 Å². The summed E-state index contributed by atoms with van der Waals surface area (Å²) in [6.07, 6.45) is 0.156. The molecular weight excluding hydrogens is 394 g/mol. The Hall–Kier alpha value is -2.10. The summed E-state index contributed by atoms with van der Waals surface area (Å²) in [4.78, 5) is 27.5. The molecule has 3 N–H and O–H groups in total. The number of halogens is 2. The maximum Gasteiger partial charge on any atom is 0.250 e. The van der Waals surface area contributed by atoms with Gasteiger partial charge in [0, 0.05) is 63.9 Å². The Kier molecular flexibility index (Phi) is 6.74. The molecule has 2 fully saturated rings. The summed E-state index contributed by atoms with van der Waals surface area (Å²) in [7, 11) is 0. The first-order valence-electron chi connectivity index (χ1n) is 10.3. The van der Waals surface area contributed by atoms with Gasteiger partial charge in [-0.25, -0.2) is 8.78 Å². The highest BCUT2D eigenvalue weighted by Gasteiger charge is 2.41. The first-order chi connectivity index (χ1) is 14.0. The molecule has 1 aromatic carbocycles. The van der Waals surface area contributed by atoms with Crippen LogP contribution in [0.4, 0.5) is 20.2 Å². The van der Waals surface area contributed by atoms with Crippen molar-refractivity contribution in [2.24, 2.45) is 0 Å². The maximum atomic E-state index is 13.3. The lowest BCUT2D eigenvalue weighted by molar-refractivity contribution is -0.117. The largest absolute Gasteiger partial charge is 0.387 e. The Morgan fingerprint density at radius 3 is 2.43 bits per heavy atom. The molecule has 0 unspecified atom stereocenters. The van der Waals surface area contributed by atoms with Crippen LogP contribution in [0, 0.1) is 6.92 Å². The van der Waals surface area contributed by atoms with Crippen molar-refractivity contribution in [1.29, 1.82) is 0 Å². The van der Waals surface area contributed by atoms with Crippen molar-refractivity contribution in [3.8, 4) is 0 Å². The standard InChI is InChI=1S/C21H30F2N4O3/c1-15-3-4-17(11-18(15)24-16(2)28)25-19(29)12-27-8-5-20(30,14-27)13-26-9-6-21(22,23)7-10-26/h3-4,11,30H,5-10,12-14H2,1-2H3,(H,24,28)(H,25,29)/t20-/m1/s1. The third-order valence-electron chi connectivity index (χ3n) is 5.72. The van der Waals surface area contributed by atoms with Crippen molar-refractivity contribution >= 4 is 23.2 Å². The Morgan fingerprint density at radius 2 is 1.77 bits per heavy atom. The highest BCUT2D eigenvalue weighted by Crippen LogP contribution is 2.30. The third-order valence-corrected chi connectivity index (χ3v) is 5.72. The molecule has 2 aliphatic heterocycles. The van der Waals surface area contributed by atoms with E-state index in [1.54, 1.807) is 12.1 Å². The van der Waals surface area contributed by atoms with E-state index in [9.17, 15) is 23.5 Å². The van der Waals surface area contributed by atoms with E-state index in [1.807, 2.05) is 22.8 Å². The molecule has 2 heterocycles. The first kappa shape index (κ1) is 22.6. The number of β-amino-alcohol motifs (C(OH)–C–C–N with tert-alkyl or cyclic N) is 1. The number of piperidine rings is 1. The summed E-state index contributed by atoms with van der Waals surface area (Å²) in [6.45, 7) is 5.22. The number of likely N-dealkylation sites (tertiary alicyclic amines) is 2. The minimum atomic E-state index is -2.60. The first-order valence-corrected chi connectivity index (χ1v) is 10.3. The maximum absolute atomic E-state index is 13.3. The molecular formula is C21H30F2N4O3. The van der Waals surface area contributed by atoms with E-state index < -0.39 is 11.5 Å². The Labute approximate surface area is 175 Å². The number of nitrogens with one attached hydrogen (secondary N) is 2. The highest BCUT2D eigenvalue weighted by atomic mass is 19.3. The van der Waals surface area contributed by atoms with E-state index in [2.05, 4.69) is 10.6 Å². The van der Waals surface area contributed by atoms with Gasteiger partial charge >= 0.3 is 0 Å². The van der Waals surface area contributed by atoms with Crippen LogP contribution >= 0.6 is 0 Å². The molecule has 1 aromatic rings. The zero-order valence-electron chi connectivity index (χ0n) is 17.5. The summed E-state index contributed by atoms with van der Waals surface area (Å²) < 4.78 is 26.6. The van der Waals surface area contributed by atoms with Crippen molar-refractivity contribution < 1.29 is 23.5 Å². The predicted octanol–water partition coefficient (Wildman–Crippen LogP) is 2.06. The average molecular weight is 424 g/mol. The summed E-state index contributed by atoms with van der Waals surface area (Å²) in [5.74, 6) is -3.00. The summed E-state index contributed by atoms with van der Waals surface area (Å²) in [5, 5.41) is 16.4. The van der Waals surface area contributed by atoms with Crippen LogP contribution in [0.1, 0.15) is 31.7 Å². The quantitative estimate of drug-likeness (QED) is 0.651. The lowest BCUT2D eigenvalue weighted by Gasteiger charge is -2.36. The van der Waals surface area contributed by atoms with E-state index in [-0.39, 0.29) is 44.3 Å². The lowest BCUT2D eigenvalue weighted by atomic mass is 10.00. The van der Waals surface area contributed by atoms with Crippen molar-refractivity contribution in [1.82, 2.24) is 9.80 Å². The van der Waals surface area contributed by atoms with Gasteiger partial charge in [0.25, 0.3) is 5.92 Å². The average Bonchev–Trinajstić information content (AvgIpc) is 2.99. The molecule has 0 bridgehead atoms. The van der Waals surface area contributed by atoms with E-state index in [1.165, 1.54) is 6.92 Å². The van der Waals surface area contributed by atoms with Gasteiger partial charge in [0.1, 0.15) is 0 Å². The molecule has 0 aliphatic carbocycles. The summed E-state index contributed by atoms with van der Waals surface area (Å²) in [5.41, 5.74) is 1.12. The monoisotopic (exact) mass is 424 g/mol. The van der Waals surface area contributed by atoms with Crippen molar-refractivity contribution in [2.45, 2.75) is 44.6 Å². The van der Waals surface area contributed by atoms with Gasteiger partial charge in [-0.15, -0.1) is 0 Å². The number of aliphatic hydroxyl groups is 1. The van der Waals surface area contributed by atoms with Crippen molar-refractivity contribution in [2.75, 3.05) is 49.9 Å². The molecule has 0 saturated carbocycles.